The lowest BCUT2D eigenvalue weighted by Crippen LogP contribution is -2.47. The summed E-state index contributed by atoms with van der Waals surface area (Å²) < 4.78 is 68.4. The van der Waals surface area contributed by atoms with Crippen LogP contribution in [0.4, 0.5) is 9.18 Å². The van der Waals surface area contributed by atoms with Crippen molar-refractivity contribution in [2.45, 2.75) is 213 Å². The van der Waals surface area contributed by atoms with Crippen LogP contribution in [-0.2, 0) is 68.9 Å². The average Bonchev–Trinajstić information content (AvgIpc) is 1.67. The fourth-order valence-electron chi connectivity index (χ4n) is 16.0. The normalized spacial score (nSPS) is 29.2. The highest BCUT2D eigenvalue weighted by Crippen LogP contribution is 2.46. The quantitative estimate of drug-likeness (QED) is 0.0176. The van der Waals surface area contributed by atoms with Crippen LogP contribution in [-0.4, -0.2) is 429 Å². The lowest BCUT2D eigenvalue weighted by molar-refractivity contribution is -0.139. The molecule has 0 bridgehead atoms. The fraction of sp³-hybridized carbons (Fsp3) is 0.602. The molecule has 6 fully saturated rings. The van der Waals surface area contributed by atoms with Gasteiger partial charge in [0, 0.05) is 94.4 Å². The van der Waals surface area contributed by atoms with E-state index >= 15 is 0 Å². The predicted octanol–water partition coefficient (Wildman–Crippen LogP) is 0.542. The number of aliphatic hydroxyl groups is 9. The Balaban J connectivity index is 0.000000234. The highest BCUT2D eigenvalue weighted by Gasteiger charge is 2.52. The number of rotatable bonds is 32. The number of hydrogen-bond acceptors (Lipinski definition) is 33. The third kappa shape index (κ3) is 34.4. The Morgan fingerprint density at radius 3 is 1.25 bits per heavy atom. The van der Waals surface area contributed by atoms with Crippen molar-refractivity contribution in [2.24, 2.45) is 7.05 Å². The van der Waals surface area contributed by atoms with Crippen molar-refractivity contribution in [1.82, 2.24) is 59.3 Å². The number of nitrogens with one attached hydrogen (secondary N) is 6. The topological polar surface area (TPSA) is 593 Å². The molecule has 9 aliphatic heterocycles. The Kier molecular flexibility index (Phi) is 43.6. The van der Waals surface area contributed by atoms with E-state index in [4.69, 9.17) is 37.9 Å². The Morgan fingerprint density at radius 1 is 0.476 bits per heavy atom. The number of alkyl halides is 1. The third-order valence-electron chi connectivity index (χ3n) is 24.1. The van der Waals surface area contributed by atoms with E-state index in [-0.39, 0.29) is 29.0 Å². The number of hydrogen-bond donors (Lipinski definition) is 15. The van der Waals surface area contributed by atoms with Gasteiger partial charge in [-0.3, -0.25) is 71.4 Å². The molecule has 24 atom stereocenters. The zero-order valence-electron chi connectivity index (χ0n) is 84.5. The summed E-state index contributed by atoms with van der Waals surface area (Å²) in [5.74, 6) is -2.40. The number of H-pyrrole nitrogens is 2. The van der Waals surface area contributed by atoms with Crippen molar-refractivity contribution in [3.8, 4) is 0 Å². The van der Waals surface area contributed by atoms with Crippen LogP contribution in [0, 0.1) is 0 Å². The second kappa shape index (κ2) is 51.2. The molecule has 0 spiro atoms. The van der Waals surface area contributed by atoms with E-state index in [9.17, 15) is 113 Å². The van der Waals surface area contributed by atoms with Crippen molar-refractivity contribution in [2.75, 3.05) is 138 Å². The summed E-state index contributed by atoms with van der Waals surface area (Å²) in [5, 5.41) is 103. The van der Waals surface area contributed by atoms with Crippen LogP contribution in [0.25, 0.3) is 0 Å². The van der Waals surface area contributed by atoms with Crippen LogP contribution in [0.5, 0.6) is 0 Å². The molecule has 3 aromatic rings. The summed E-state index contributed by atoms with van der Waals surface area (Å²) in [5.41, 5.74) is -4.16. The molecule has 0 unspecified atom stereocenters. The molecule has 3 aromatic heterocycles. The smallest absolute Gasteiger partial charge is 0.332 e. The summed E-state index contributed by atoms with van der Waals surface area (Å²) in [7, 11) is 4.42. The monoisotopic (exact) mass is 2130 g/mol. The molecule has 12 heterocycles. The molecule has 50 heteroatoms. The van der Waals surface area contributed by atoms with E-state index in [2.05, 4.69) is 137 Å². The first-order valence-corrected chi connectivity index (χ1v) is 64.2. The van der Waals surface area contributed by atoms with Gasteiger partial charge in [0.15, 0.2) is 49.7 Å². The van der Waals surface area contributed by atoms with Gasteiger partial charge in [0.05, 0.1) is 48.6 Å². The first-order chi connectivity index (χ1) is 66.0. The first-order valence-electron chi connectivity index (χ1n) is 45.9. The minimum atomic E-state index is -1.54. The van der Waals surface area contributed by atoms with Gasteiger partial charge >= 0.3 is 29.1 Å². The highest BCUT2D eigenvalue weighted by molar-refractivity contribution is 7.73. The second-order valence-corrected chi connectivity index (χ2v) is 66.6. The van der Waals surface area contributed by atoms with Crippen LogP contribution in [0.3, 0.4) is 0 Å². The number of methoxy groups -OCH3 is 2. The molecule has 15 N–H and O–H groups in total. The lowest BCUT2D eigenvalue weighted by Gasteiger charge is -2.34. The van der Waals surface area contributed by atoms with E-state index in [0.717, 1.165) is 70.2 Å². The number of aromatic amines is 2. The number of esters is 1. The summed E-state index contributed by atoms with van der Waals surface area (Å²) in [6.45, 7) is 32.0. The number of amides is 4. The molecule has 0 aromatic carbocycles. The van der Waals surface area contributed by atoms with E-state index in [0.29, 0.717) is 66.8 Å². The van der Waals surface area contributed by atoms with Gasteiger partial charge in [-0.15, -0.1) is 79.1 Å². The number of carbonyl (C=O) groups is 7. The Hall–Kier alpha value is -8.18. The zero-order valence-corrected chi connectivity index (χ0v) is 89.9. The maximum atomic E-state index is 14.3. The molecule has 4 amide bonds. The highest BCUT2D eigenvalue weighted by atomic mass is 31.2. The van der Waals surface area contributed by atoms with Crippen LogP contribution in [0.1, 0.15) is 105 Å². The van der Waals surface area contributed by atoms with Gasteiger partial charge in [-0.05, 0) is 169 Å². The SMILES string of the molecule is C=C1NC(=O)C(C)=CN1[C@@H]1O[C@H](CCP(=C)(C)C)[C@@H](O)[C@H]1O.C=C1NC(=O)C=CN1[C@@H]1O[C@H](CCP(=C)(C)C)[C@@H](O)[C@H]1OC.C=C1NC(=O)NC=C1[C@@H]1O[C@H](CCP(=C)(C)C)[C@@H](O)[C@H]1F.C=P(C)(C)CC[C@H]1O[C@@H](n2cc(C(=O)CC(C)=O)c(=O)[nH]c2=O)[C@H](O)[C@@H]1O.C=P(C)(C)CC[C@H]1O[C@@H](n2cc(C(=O)COC(C)=O)c(=O)[nH]c2=O)[C@H](O)[C@@H]1O.C=P(C)(C)CC[C@H]1O[C@@H](n2ccc(=O)n(C)c2=O)[C@H](OC)[C@@H]1O. The van der Waals surface area contributed by atoms with Gasteiger partial charge in [0.1, 0.15) is 96.2 Å². The Bertz CT molecular complexity index is 5950. The third-order valence-corrected chi connectivity index (χ3v) is 32.9. The standard InChI is InChI=1S/C17H25N2O8P.C17H25N2O7P.C15H25N2O5P.2C15H25N2O4P.C14H22FN2O3P/c1-9(20)26-8-11(21)10-7-19(17(25)18-15(10)24)16-14(23)13(22)12(27-16)5-6-28(2,3)4;1-9(20)7-11(21)10-8-19(17(25)18-15(10)24)16-14(23)13(22)12(26-16)5-6-27(2,3)4;1-16-11(18)6-8-17(15(16)20)14-13(21-2)12(19)10(22-14)7-9-23(3,4)5;1-10-16-12(18)6-8-17(10)15-14(20-2)13(19)11(21-15)7-9-22(3,4)5;1-9-8-17(10(2)16-14(9)20)15-13(19)12(18)11(21-15)6-7-22(3,4)5;1-8-9(7-16-14(19)17-8)13-11(15)12(18)10(20-13)5-6-21(2,3)4/h7,12-14,16,22-23H,2,5-6,8H2,1,3-4H3,(H,18,24,25);8,12-14,16,22-23H,2,5-7H2,1,3-4H3,(H,18,24,25);6,8,10,12-14,19H,3,7,9H2,1-2,4-5H3;6,8,11,13-15,19H,1,3,7,9H2,2,4-5H3,(H,16,18);8,11-13,15,18-19H,2-3,6-7H2,1,4-5H3,(H,16,20);7,10-13,18H,1-2,5-6H2,3-4H3,(H2,16,17,19)/t2*12-,13-,14-,16-;10-,12-,13-,14-;11-,13-,14-,15-;11-,12-,13-,15-;10-,11-,12-,13+/m111111/s1. The minimum absolute atomic E-state index is 0.227. The van der Waals surface area contributed by atoms with Crippen molar-refractivity contribution in [3.05, 3.63) is 171 Å². The molecule has 9 aliphatic rings. The first kappa shape index (κ1) is 122. The molecule has 12 rings (SSSR count). The van der Waals surface area contributed by atoms with Crippen LogP contribution in [0.15, 0.2) is 126 Å². The molecule has 43 nitrogen and oxygen atoms in total. The number of halogens is 1. The van der Waals surface area contributed by atoms with Crippen LogP contribution in [0.2, 0.25) is 0 Å². The molecule has 143 heavy (non-hydrogen) atoms. The summed E-state index contributed by atoms with van der Waals surface area (Å²) in [6, 6.07) is 0.875. The molecular weight excluding hydrogens is 1990 g/mol. The van der Waals surface area contributed by atoms with Crippen molar-refractivity contribution >= 4 is 120 Å². The molecule has 802 valence electrons. The van der Waals surface area contributed by atoms with Crippen LogP contribution < -0.4 is 55.0 Å². The Labute approximate surface area is 830 Å². The van der Waals surface area contributed by atoms with E-state index in [1.165, 1.54) is 50.2 Å². The fourth-order valence-corrected chi connectivity index (χ4v) is 21.7. The number of nitrogens with zero attached hydrogens (tertiary/aromatic N) is 6. The van der Waals surface area contributed by atoms with Crippen molar-refractivity contribution in [3.63, 3.8) is 0 Å². The number of carbonyl (C=O) groups excluding carboxylic acids is 7. The predicted molar refractivity (Wildman–Crippen MR) is 560 cm³/mol. The summed E-state index contributed by atoms with van der Waals surface area (Å²) >= 11 is 0. The minimum Gasteiger partial charge on any atom is -0.457 e. The molecule has 0 aliphatic carbocycles. The average molecular weight is 2130 g/mol. The van der Waals surface area contributed by atoms with Gasteiger partial charge in [-0.25, -0.2) is 23.6 Å². The molecule has 0 saturated carbocycles. The lowest BCUT2D eigenvalue weighted by atomic mass is 10.00. The number of ketones is 3. The number of aromatic nitrogens is 6. The van der Waals surface area contributed by atoms with E-state index in [1.54, 1.807) is 36.2 Å². The summed E-state index contributed by atoms with van der Waals surface area (Å²) in [6.07, 6.45) is 20.5. The van der Waals surface area contributed by atoms with Crippen molar-refractivity contribution in [1.29, 1.82) is 0 Å². The molecular formula is C93H147FN12O31P6. The number of Topliss-reactive ketones (excluding diaryl/α,β-unsaturated/α-hetero) is 3. The van der Waals surface area contributed by atoms with Gasteiger partial charge in [0.25, 0.3) is 28.5 Å². The van der Waals surface area contributed by atoms with Crippen LogP contribution >= 0.6 is 41.3 Å². The maximum absolute atomic E-state index is 14.3. The number of aliphatic hydroxyl groups excluding tert-OH is 9. The summed E-state index contributed by atoms with van der Waals surface area (Å²) in [4.78, 5) is 159. The van der Waals surface area contributed by atoms with Gasteiger partial charge in [-0.1, -0.05) is 19.7 Å². The second-order valence-electron chi connectivity index (χ2n) is 40.7. The van der Waals surface area contributed by atoms with E-state index in [1.807, 2.05) is 36.6 Å². The number of ether oxygens (including phenoxy) is 9. The van der Waals surface area contributed by atoms with Gasteiger partial charge in [-0.2, -0.15) is 0 Å². The maximum Gasteiger partial charge on any atom is 0.332 e. The zero-order chi connectivity index (χ0) is 108. The van der Waals surface area contributed by atoms with E-state index < -0.39 is 259 Å². The van der Waals surface area contributed by atoms with Crippen molar-refractivity contribution < 1.29 is 127 Å². The van der Waals surface area contributed by atoms with Gasteiger partial charge < -0.3 is 120 Å². The molecule has 0 radical (unpaired) electrons. The molecule has 6 saturated heterocycles. The number of urea groups is 1. The Morgan fingerprint density at radius 2 is 0.853 bits per heavy atom. The largest absolute Gasteiger partial charge is 0.457 e. The van der Waals surface area contributed by atoms with Gasteiger partial charge in [0.2, 0.25) is 5.78 Å².